The van der Waals surface area contributed by atoms with Gasteiger partial charge in [0.15, 0.2) is 0 Å². The van der Waals surface area contributed by atoms with Gasteiger partial charge in [0.05, 0.1) is 0 Å². The van der Waals surface area contributed by atoms with E-state index in [0.717, 1.165) is 6.07 Å². The maximum absolute atomic E-state index is 12.9. The summed E-state index contributed by atoms with van der Waals surface area (Å²) in [6.07, 6.45) is 0.333. The molecule has 1 unspecified atom stereocenters. The van der Waals surface area contributed by atoms with Crippen molar-refractivity contribution in [2.24, 2.45) is 0 Å². The first-order valence-electron chi connectivity index (χ1n) is 4.76. The molecule has 0 saturated carbocycles. The lowest BCUT2D eigenvalue weighted by atomic mass is 9.98. The van der Waals surface area contributed by atoms with Gasteiger partial charge in [0, 0.05) is 32.0 Å². The molecule has 4 heteroatoms. The van der Waals surface area contributed by atoms with E-state index in [1.165, 1.54) is 12.1 Å². The summed E-state index contributed by atoms with van der Waals surface area (Å²) in [6.45, 7) is 0.529. The molecule has 1 heterocycles. The van der Waals surface area contributed by atoms with E-state index < -0.39 is 11.6 Å². The van der Waals surface area contributed by atoms with Gasteiger partial charge in [0.2, 0.25) is 5.91 Å². The summed E-state index contributed by atoms with van der Waals surface area (Å²) in [4.78, 5) is 12.8. The van der Waals surface area contributed by atoms with Crippen molar-refractivity contribution >= 4 is 5.91 Å². The van der Waals surface area contributed by atoms with Crippen molar-refractivity contribution in [1.29, 1.82) is 0 Å². The van der Waals surface area contributed by atoms with E-state index in [0.29, 0.717) is 18.5 Å². The lowest BCUT2D eigenvalue weighted by Crippen LogP contribution is -2.18. The minimum absolute atomic E-state index is 0.0182. The minimum atomic E-state index is -0.591. The summed E-state index contributed by atoms with van der Waals surface area (Å²) in [5, 5.41) is 0. The Morgan fingerprint density at radius 1 is 1.27 bits per heavy atom. The largest absolute Gasteiger partial charge is 0.345 e. The van der Waals surface area contributed by atoms with Gasteiger partial charge in [-0.05, 0) is 17.7 Å². The monoisotopic (exact) mass is 211 g/mol. The Morgan fingerprint density at radius 3 is 2.33 bits per heavy atom. The summed E-state index contributed by atoms with van der Waals surface area (Å²) in [7, 11) is 1.69. The first-order chi connectivity index (χ1) is 7.06. The minimum Gasteiger partial charge on any atom is -0.345 e. The molecule has 2 rings (SSSR count). The molecule has 1 atom stereocenters. The summed E-state index contributed by atoms with van der Waals surface area (Å²) < 4.78 is 25.9. The molecular formula is C11H11F2NO. The van der Waals surface area contributed by atoms with Crippen LogP contribution >= 0.6 is 0 Å². The summed E-state index contributed by atoms with van der Waals surface area (Å²) in [5.41, 5.74) is 0.560. The van der Waals surface area contributed by atoms with E-state index in [-0.39, 0.29) is 11.8 Å². The van der Waals surface area contributed by atoms with Gasteiger partial charge in [-0.25, -0.2) is 8.78 Å². The van der Waals surface area contributed by atoms with E-state index >= 15 is 0 Å². The number of amides is 1. The molecule has 1 aliphatic rings. The zero-order valence-corrected chi connectivity index (χ0v) is 8.34. The smallest absolute Gasteiger partial charge is 0.223 e. The number of carbonyl (C=O) groups is 1. The first kappa shape index (κ1) is 10.1. The maximum Gasteiger partial charge on any atom is 0.223 e. The zero-order chi connectivity index (χ0) is 11.0. The predicted molar refractivity (Wildman–Crippen MR) is 51.4 cm³/mol. The highest BCUT2D eigenvalue weighted by atomic mass is 19.1. The van der Waals surface area contributed by atoms with Crippen molar-refractivity contribution in [3.05, 3.63) is 35.4 Å². The van der Waals surface area contributed by atoms with Crippen molar-refractivity contribution in [3.63, 3.8) is 0 Å². The molecule has 1 amide bonds. The van der Waals surface area contributed by atoms with Crippen LogP contribution in [0.4, 0.5) is 8.78 Å². The van der Waals surface area contributed by atoms with Gasteiger partial charge < -0.3 is 4.90 Å². The molecular weight excluding hydrogens is 200 g/mol. The number of hydrogen-bond acceptors (Lipinski definition) is 1. The number of benzene rings is 1. The van der Waals surface area contributed by atoms with Crippen LogP contribution in [-0.2, 0) is 4.79 Å². The fraction of sp³-hybridized carbons (Fsp3) is 0.364. The van der Waals surface area contributed by atoms with Gasteiger partial charge in [-0.1, -0.05) is 0 Å². The van der Waals surface area contributed by atoms with E-state index in [2.05, 4.69) is 0 Å². The third kappa shape index (κ3) is 1.98. The van der Waals surface area contributed by atoms with Crippen molar-refractivity contribution in [2.45, 2.75) is 12.3 Å². The Bertz CT molecular complexity index is 385. The Morgan fingerprint density at radius 2 is 1.87 bits per heavy atom. The van der Waals surface area contributed by atoms with Gasteiger partial charge in [0.1, 0.15) is 11.6 Å². The molecule has 0 bridgehead atoms. The molecule has 1 aromatic rings. The molecule has 0 N–H and O–H groups in total. The van der Waals surface area contributed by atoms with E-state index in [4.69, 9.17) is 0 Å². The first-order valence-corrected chi connectivity index (χ1v) is 4.76. The van der Waals surface area contributed by atoms with Gasteiger partial charge in [0.25, 0.3) is 0 Å². The molecule has 2 nitrogen and oxygen atoms in total. The molecule has 80 valence electrons. The third-order valence-electron chi connectivity index (χ3n) is 2.70. The SMILES string of the molecule is CN1CC(c2cc(F)cc(F)c2)CC1=O. The van der Waals surface area contributed by atoms with Crippen LogP contribution in [0.5, 0.6) is 0 Å². The molecule has 0 spiro atoms. The van der Waals surface area contributed by atoms with Gasteiger partial charge in [-0.15, -0.1) is 0 Å². The standard InChI is InChI=1S/C11H11F2NO/c1-14-6-8(4-11(14)15)7-2-9(12)5-10(13)3-7/h2-3,5,8H,4,6H2,1H3. The van der Waals surface area contributed by atoms with E-state index in [1.54, 1.807) is 11.9 Å². The van der Waals surface area contributed by atoms with Crippen LogP contribution < -0.4 is 0 Å². The molecule has 1 aliphatic heterocycles. The van der Waals surface area contributed by atoms with Crippen molar-refractivity contribution in [2.75, 3.05) is 13.6 Å². The van der Waals surface area contributed by atoms with Gasteiger partial charge in [-0.2, -0.15) is 0 Å². The van der Waals surface area contributed by atoms with E-state index in [1.807, 2.05) is 0 Å². The molecule has 1 aromatic carbocycles. The highest BCUT2D eigenvalue weighted by molar-refractivity contribution is 5.79. The molecule has 0 aliphatic carbocycles. The van der Waals surface area contributed by atoms with Crippen LogP contribution in [0, 0.1) is 11.6 Å². The van der Waals surface area contributed by atoms with Crippen LogP contribution in [0.25, 0.3) is 0 Å². The zero-order valence-electron chi connectivity index (χ0n) is 8.34. The highest BCUT2D eigenvalue weighted by Crippen LogP contribution is 2.28. The fourth-order valence-electron chi connectivity index (χ4n) is 1.90. The quantitative estimate of drug-likeness (QED) is 0.694. The molecule has 15 heavy (non-hydrogen) atoms. The second-order valence-corrected chi connectivity index (χ2v) is 3.88. The second-order valence-electron chi connectivity index (χ2n) is 3.88. The molecule has 1 fully saturated rings. The van der Waals surface area contributed by atoms with Crippen LogP contribution in [-0.4, -0.2) is 24.4 Å². The average molecular weight is 211 g/mol. The average Bonchev–Trinajstić information content (AvgIpc) is 2.45. The maximum atomic E-state index is 12.9. The predicted octanol–water partition coefficient (Wildman–Crippen LogP) is 1.91. The molecule has 0 aromatic heterocycles. The Kier molecular flexibility index (Phi) is 2.42. The van der Waals surface area contributed by atoms with Crippen LogP contribution in [0.1, 0.15) is 17.9 Å². The summed E-state index contributed by atoms with van der Waals surface area (Å²) in [5.74, 6) is -1.25. The van der Waals surface area contributed by atoms with Gasteiger partial charge >= 0.3 is 0 Å². The lowest BCUT2D eigenvalue weighted by Gasteiger charge is -2.10. The Balaban J connectivity index is 2.27. The van der Waals surface area contributed by atoms with Crippen LogP contribution in [0.2, 0.25) is 0 Å². The summed E-state index contributed by atoms with van der Waals surface area (Å²) >= 11 is 0. The number of hydrogen-bond donors (Lipinski definition) is 0. The number of likely N-dealkylation sites (N-methyl/N-ethyl adjacent to an activating group) is 1. The molecule has 0 radical (unpaired) electrons. The van der Waals surface area contributed by atoms with Crippen molar-refractivity contribution in [3.8, 4) is 0 Å². The van der Waals surface area contributed by atoms with Crippen molar-refractivity contribution < 1.29 is 13.6 Å². The third-order valence-corrected chi connectivity index (χ3v) is 2.70. The van der Waals surface area contributed by atoms with E-state index in [9.17, 15) is 13.6 Å². The lowest BCUT2D eigenvalue weighted by molar-refractivity contribution is -0.126. The normalized spacial score (nSPS) is 21.1. The van der Waals surface area contributed by atoms with Crippen molar-refractivity contribution in [1.82, 2.24) is 4.90 Å². The highest BCUT2D eigenvalue weighted by Gasteiger charge is 2.28. The Hall–Kier alpha value is -1.45. The number of nitrogens with zero attached hydrogens (tertiary/aromatic N) is 1. The van der Waals surface area contributed by atoms with Gasteiger partial charge in [-0.3, -0.25) is 4.79 Å². The fourth-order valence-corrected chi connectivity index (χ4v) is 1.90. The topological polar surface area (TPSA) is 20.3 Å². The number of halogens is 2. The second kappa shape index (κ2) is 3.61. The molecule has 1 saturated heterocycles. The number of carbonyl (C=O) groups excluding carboxylic acids is 1. The van der Waals surface area contributed by atoms with Crippen LogP contribution in [0.15, 0.2) is 18.2 Å². The Labute approximate surface area is 86.5 Å². The summed E-state index contributed by atoms with van der Waals surface area (Å²) in [6, 6.07) is 3.42. The number of rotatable bonds is 1. The number of likely N-dealkylation sites (tertiary alicyclic amines) is 1. The van der Waals surface area contributed by atoms with Crippen LogP contribution in [0.3, 0.4) is 0 Å².